The van der Waals surface area contributed by atoms with Gasteiger partial charge in [-0.05, 0) is 85.5 Å². The van der Waals surface area contributed by atoms with Crippen molar-refractivity contribution in [2.45, 2.75) is 109 Å². The molecule has 4 aliphatic rings. The van der Waals surface area contributed by atoms with Crippen LogP contribution >= 0.6 is 0 Å². The van der Waals surface area contributed by atoms with Crippen LogP contribution in [0.25, 0.3) is 0 Å². The van der Waals surface area contributed by atoms with E-state index in [1.807, 2.05) is 18.0 Å². The number of benzene rings is 1. The van der Waals surface area contributed by atoms with E-state index >= 15 is 0 Å². The number of hydrogen-bond acceptors (Lipinski definition) is 7. The van der Waals surface area contributed by atoms with Gasteiger partial charge in [-0.2, -0.15) is 0 Å². The molecule has 232 valence electrons. The maximum Gasteiger partial charge on any atom is 0.329 e. The summed E-state index contributed by atoms with van der Waals surface area (Å²) in [7, 11) is 1.66. The van der Waals surface area contributed by atoms with E-state index in [1.54, 1.807) is 7.11 Å². The number of ether oxygens (including phenoxy) is 3. The second kappa shape index (κ2) is 12.2. The molecule has 43 heavy (non-hydrogen) atoms. The van der Waals surface area contributed by atoms with Gasteiger partial charge in [-0.15, -0.1) is 0 Å². The number of carbonyl (C=O) groups excluding carboxylic acids is 2. The summed E-state index contributed by atoms with van der Waals surface area (Å²) < 4.78 is 17.4. The average molecular weight is 590 g/mol. The Morgan fingerprint density at radius 2 is 1.79 bits per heavy atom. The number of carbonyl (C=O) groups is 2. The molecule has 0 spiro atoms. The smallest absolute Gasteiger partial charge is 0.329 e. The molecule has 2 aliphatic carbocycles. The van der Waals surface area contributed by atoms with E-state index in [9.17, 15) is 9.59 Å². The molecule has 2 saturated heterocycles. The molecule has 2 aliphatic heterocycles. The minimum Gasteiger partial charge on any atom is -0.481 e. The Hall–Kier alpha value is -2.97. The zero-order valence-electron chi connectivity index (χ0n) is 26.3. The molecule has 1 N–H and O–H groups in total. The lowest BCUT2D eigenvalue weighted by Gasteiger charge is -2.36. The van der Waals surface area contributed by atoms with Gasteiger partial charge in [-0.3, -0.25) is 4.79 Å². The fourth-order valence-electron chi connectivity index (χ4n) is 7.45. The number of aromatic nitrogens is 1. The van der Waals surface area contributed by atoms with E-state index in [0.29, 0.717) is 37.3 Å². The van der Waals surface area contributed by atoms with Crippen molar-refractivity contribution < 1.29 is 23.8 Å². The number of nitrogens with zero attached hydrogens (tertiary/aromatic N) is 2. The second-order valence-electron chi connectivity index (χ2n) is 13.8. The number of rotatable bonds is 10. The lowest BCUT2D eigenvalue weighted by atomic mass is 9.72. The number of pyridine rings is 1. The van der Waals surface area contributed by atoms with Crippen molar-refractivity contribution in [1.82, 2.24) is 15.2 Å². The third-order valence-corrected chi connectivity index (χ3v) is 9.70. The Morgan fingerprint density at radius 3 is 2.40 bits per heavy atom. The minimum absolute atomic E-state index is 0.111. The zero-order valence-corrected chi connectivity index (χ0v) is 26.3. The molecule has 1 aromatic carbocycles. The Kier molecular flexibility index (Phi) is 8.53. The van der Waals surface area contributed by atoms with Gasteiger partial charge in [0.2, 0.25) is 5.88 Å². The quantitative estimate of drug-likeness (QED) is 0.358. The van der Waals surface area contributed by atoms with Gasteiger partial charge in [0.25, 0.3) is 5.91 Å². The van der Waals surface area contributed by atoms with Crippen LogP contribution in [0, 0.1) is 11.3 Å². The van der Waals surface area contributed by atoms with E-state index in [1.165, 1.54) is 24.0 Å². The fourth-order valence-corrected chi connectivity index (χ4v) is 7.45. The highest BCUT2D eigenvalue weighted by Gasteiger charge is 2.59. The maximum atomic E-state index is 14.5. The molecule has 0 unspecified atom stereocenters. The second-order valence-corrected chi connectivity index (χ2v) is 13.8. The standard InChI is InChI=1S/C35H47N3O5/c1-6-42-34(40)31-28(35(2,3)4)29(36-20-24-18-23(21-13-14-21)19-37-32(24)41-5)30(38(31)33(39)27-12-9-17-43-27)26-11-8-7-10-25(26)22-15-16-22/h7-8,10-11,18-19,21-22,27-31,36H,6,9,12-17,20H2,1-5H3/t27-,28-,29-,30-,31-/m0/s1. The normalized spacial score (nSPS) is 27.4. The van der Waals surface area contributed by atoms with Gasteiger partial charge < -0.3 is 24.4 Å². The van der Waals surface area contributed by atoms with Crippen molar-refractivity contribution in [2.24, 2.45) is 11.3 Å². The first kappa shape index (κ1) is 30.1. The van der Waals surface area contributed by atoms with Crippen molar-refractivity contribution >= 4 is 11.9 Å². The molecule has 1 aromatic heterocycles. The number of methoxy groups -OCH3 is 1. The summed E-state index contributed by atoms with van der Waals surface area (Å²) in [5.41, 5.74) is 4.30. The van der Waals surface area contributed by atoms with Crippen LogP contribution in [0.5, 0.6) is 5.88 Å². The molecule has 8 heteroatoms. The summed E-state index contributed by atoms with van der Waals surface area (Å²) in [5.74, 6) is 0.968. The predicted octanol–water partition coefficient (Wildman–Crippen LogP) is 5.66. The molecule has 1 amide bonds. The number of hydrogen-bond donors (Lipinski definition) is 1. The third-order valence-electron chi connectivity index (χ3n) is 9.70. The van der Waals surface area contributed by atoms with Crippen LogP contribution in [0.3, 0.4) is 0 Å². The summed E-state index contributed by atoms with van der Waals surface area (Å²) in [6, 6.07) is 9.38. The van der Waals surface area contributed by atoms with Crippen molar-refractivity contribution in [3.63, 3.8) is 0 Å². The summed E-state index contributed by atoms with van der Waals surface area (Å²) in [6.07, 6.45) is 7.55. The Balaban J connectivity index is 1.47. The van der Waals surface area contributed by atoms with Crippen LogP contribution in [-0.4, -0.2) is 60.3 Å². The lowest BCUT2D eigenvalue weighted by molar-refractivity contribution is -0.160. The van der Waals surface area contributed by atoms with E-state index in [-0.39, 0.29) is 41.9 Å². The summed E-state index contributed by atoms with van der Waals surface area (Å²) >= 11 is 0. The average Bonchev–Trinajstić information content (AvgIpc) is 3.93. The first-order chi connectivity index (χ1) is 20.7. The topological polar surface area (TPSA) is 90.0 Å². The molecule has 2 aromatic rings. The van der Waals surface area contributed by atoms with Crippen molar-refractivity contribution in [2.75, 3.05) is 20.3 Å². The molecule has 8 nitrogen and oxygen atoms in total. The highest BCUT2D eigenvalue weighted by Crippen LogP contribution is 2.52. The van der Waals surface area contributed by atoms with E-state index in [0.717, 1.165) is 30.4 Å². The largest absolute Gasteiger partial charge is 0.481 e. The SMILES string of the molecule is CCOC(=O)[C@@H]1[C@@H](C(C)(C)C)[C@H](NCc2cc(C3CC3)cnc2OC)[C@H](c2ccccc2C2CC2)N1C(=O)[C@@H]1CCCO1. The molecule has 0 radical (unpaired) electrons. The molecular weight excluding hydrogens is 542 g/mol. The van der Waals surface area contributed by atoms with Gasteiger partial charge in [0.1, 0.15) is 12.1 Å². The highest BCUT2D eigenvalue weighted by atomic mass is 16.5. The van der Waals surface area contributed by atoms with Crippen molar-refractivity contribution in [1.29, 1.82) is 0 Å². The predicted molar refractivity (Wildman–Crippen MR) is 164 cm³/mol. The first-order valence-corrected chi connectivity index (χ1v) is 16.2. The third kappa shape index (κ3) is 6.05. The molecule has 6 rings (SSSR count). The Labute approximate surface area is 255 Å². The van der Waals surface area contributed by atoms with Crippen molar-refractivity contribution in [3.8, 4) is 5.88 Å². The van der Waals surface area contributed by atoms with Gasteiger partial charge in [0.15, 0.2) is 0 Å². The summed E-state index contributed by atoms with van der Waals surface area (Å²) in [5, 5.41) is 3.89. The van der Waals surface area contributed by atoms with Gasteiger partial charge in [0.05, 0.1) is 19.8 Å². The van der Waals surface area contributed by atoms with E-state index in [4.69, 9.17) is 14.2 Å². The fraction of sp³-hybridized carbons (Fsp3) is 0.629. The van der Waals surface area contributed by atoms with Crippen LogP contribution in [-0.2, 0) is 25.6 Å². The molecule has 0 bridgehead atoms. The molecule has 2 saturated carbocycles. The van der Waals surface area contributed by atoms with Crippen LogP contribution in [0.2, 0.25) is 0 Å². The first-order valence-electron chi connectivity index (χ1n) is 16.2. The minimum atomic E-state index is -0.746. The van der Waals surface area contributed by atoms with Crippen LogP contribution in [0.4, 0.5) is 0 Å². The number of likely N-dealkylation sites (tertiary alicyclic amines) is 1. The molecule has 3 heterocycles. The summed E-state index contributed by atoms with van der Waals surface area (Å²) in [6.45, 7) is 9.65. The lowest BCUT2D eigenvalue weighted by Crippen LogP contribution is -2.50. The summed E-state index contributed by atoms with van der Waals surface area (Å²) in [4.78, 5) is 35.0. The highest BCUT2D eigenvalue weighted by molar-refractivity contribution is 5.89. The molecule has 5 atom stereocenters. The van der Waals surface area contributed by atoms with Gasteiger partial charge in [-0.1, -0.05) is 45.0 Å². The van der Waals surface area contributed by atoms with Crippen LogP contribution < -0.4 is 10.1 Å². The van der Waals surface area contributed by atoms with Crippen LogP contribution in [0.15, 0.2) is 36.5 Å². The van der Waals surface area contributed by atoms with Gasteiger partial charge in [0, 0.05) is 36.9 Å². The van der Waals surface area contributed by atoms with E-state index < -0.39 is 12.1 Å². The molecular formula is C35H47N3O5. The number of amides is 1. The molecule has 4 fully saturated rings. The van der Waals surface area contributed by atoms with E-state index in [2.05, 4.69) is 61.4 Å². The maximum absolute atomic E-state index is 14.5. The number of esters is 1. The Morgan fingerprint density at radius 1 is 1.07 bits per heavy atom. The zero-order chi connectivity index (χ0) is 30.3. The monoisotopic (exact) mass is 589 g/mol. The van der Waals surface area contributed by atoms with Crippen molar-refractivity contribution in [3.05, 3.63) is 58.8 Å². The number of nitrogens with one attached hydrogen (secondary N) is 1. The van der Waals surface area contributed by atoms with Gasteiger partial charge >= 0.3 is 5.97 Å². The van der Waals surface area contributed by atoms with Crippen LogP contribution in [0.1, 0.15) is 106 Å². The Bertz CT molecular complexity index is 1320. The van der Waals surface area contributed by atoms with Gasteiger partial charge in [-0.25, -0.2) is 9.78 Å².